The molecule has 0 aliphatic heterocycles. The molecule has 2 aromatic carbocycles. The van der Waals surface area contributed by atoms with Crippen molar-refractivity contribution in [3.8, 4) is 0 Å². The first-order valence-electron chi connectivity index (χ1n) is 6.01. The second-order valence-corrected chi connectivity index (χ2v) is 4.36. The first kappa shape index (κ1) is 12.2. The van der Waals surface area contributed by atoms with Crippen molar-refractivity contribution < 1.29 is 19.1 Å². The molecule has 0 unspecified atom stereocenters. The Balaban J connectivity index is 2.08. The lowest BCUT2D eigenvalue weighted by molar-refractivity contribution is 0.0697. The number of carboxylic acid groups (broad SMARTS) is 1. The third-order valence-corrected chi connectivity index (χ3v) is 3.10. The van der Waals surface area contributed by atoms with E-state index in [4.69, 9.17) is 9.52 Å². The molecule has 0 atom stereocenters. The third kappa shape index (κ3) is 1.97. The van der Waals surface area contributed by atoms with E-state index in [1.807, 2.05) is 12.1 Å². The number of para-hydroxylation sites is 1. The van der Waals surface area contributed by atoms with Gasteiger partial charge in [0.05, 0.1) is 11.1 Å². The van der Waals surface area contributed by atoms with Gasteiger partial charge in [-0.2, -0.15) is 0 Å². The summed E-state index contributed by atoms with van der Waals surface area (Å²) in [7, 11) is 0. The smallest absolute Gasteiger partial charge is 0.335 e. The maximum atomic E-state index is 12.4. The second-order valence-electron chi connectivity index (χ2n) is 4.36. The van der Waals surface area contributed by atoms with Gasteiger partial charge in [-0.05, 0) is 18.2 Å². The van der Waals surface area contributed by atoms with Gasteiger partial charge in [0.25, 0.3) is 0 Å². The van der Waals surface area contributed by atoms with E-state index < -0.39 is 5.97 Å². The van der Waals surface area contributed by atoms with Gasteiger partial charge in [-0.3, -0.25) is 4.79 Å². The van der Waals surface area contributed by atoms with Gasteiger partial charge in [-0.15, -0.1) is 0 Å². The Kier molecular flexibility index (Phi) is 2.84. The minimum absolute atomic E-state index is 0.0867. The molecule has 0 saturated heterocycles. The van der Waals surface area contributed by atoms with Crippen molar-refractivity contribution in [3.05, 3.63) is 71.5 Å². The number of furan rings is 1. The molecule has 0 bridgehead atoms. The van der Waals surface area contributed by atoms with Crippen LogP contribution in [0.2, 0.25) is 0 Å². The molecule has 0 fully saturated rings. The normalized spacial score (nSPS) is 10.6. The number of benzene rings is 2. The predicted molar refractivity (Wildman–Crippen MR) is 73.0 cm³/mol. The fourth-order valence-corrected chi connectivity index (χ4v) is 2.10. The fourth-order valence-electron chi connectivity index (χ4n) is 2.10. The highest BCUT2D eigenvalue weighted by molar-refractivity contribution is 6.16. The summed E-state index contributed by atoms with van der Waals surface area (Å²) >= 11 is 0. The van der Waals surface area contributed by atoms with Crippen LogP contribution in [-0.4, -0.2) is 16.9 Å². The molecule has 20 heavy (non-hydrogen) atoms. The van der Waals surface area contributed by atoms with E-state index in [0.29, 0.717) is 16.7 Å². The van der Waals surface area contributed by atoms with E-state index in [9.17, 15) is 9.59 Å². The zero-order chi connectivity index (χ0) is 14.1. The lowest BCUT2D eigenvalue weighted by Crippen LogP contribution is -2.03. The number of rotatable bonds is 3. The maximum absolute atomic E-state index is 12.4. The van der Waals surface area contributed by atoms with Crippen LogP contribution >= 0.6 is 0 Å². The summed E-state index contributed by atoms with van der Waals surface area (Å²) in [5, 5.41) is 9.68. The molecule has 0 aliphatic rings. The molecule has 0 amide bonds. The summed E-state index contributed by atoms with van der Waals surface area (Å²) in [4.78, 5) is 23.4. The molecule has 3 rings (SSSR count). The van der Waals surface area contributed by atoms with Crippen molar-refractivity contribution in [2.75, 3.05) is 0 Å². The van der Waals surface area contributed by atoms with E-state index in [0.717, 1.165) is 5.39 Å². The van der Waals surface area contributed by atoms with E-state index in [-0.39, 0.29) is 11.3 Å². The van der Waals surface area contributed by atoms with Crippen LogP contribution in [0.5, 0.6) is 0 Å². The second kappa shape index (κ2) is 4.66. The number of hydrogen-bond acceptors (Lipinski definition) is 3. The molecule has 0 aliphatic carbocycles. The van der Waals surface area contributed by atoms with Gasteiger partial charge in [-0.1, -0.05) is 30.3 Å². The molecule has 0 saturated carbocycles. The van der Waals surface area contributed by atoms with E-state index in [1.165, 1.54) is 18.4 Å². The molecular formula is C16H10O4. The van der Waals surface area contributed by atoms with Crippen LogP contribution in [0.25, 0.3) is 11.0 Å². The first-order valence-corrected chi connectivity index (χ1v) is 6.01. The van der Waals surface area contributed by atoms with Crippen LogP contribution in [0.15, 0.2) is 59.2 Å². The summed E-state index contributed by atoms with van der Waals surface area (Å²) in [5.41, 5.74) is 1.48. The van der Waals surface area contributed by atoms with Gasteiger partial charge in [0.15, 0.2) is 5.78 Å². The van der Waals surface area contributed by atoms with Crippen molar-refractivity contribution >= 4 is 22.7 Å². The lowest BCUT2D eigenvalue weighted by atomic mass is 10.0. The molecule has 1 aromatic heterocycles. The van der Waals surface area contributed by atoms with Gasteiger partial charge in [0.2, 0.25) is 0 Å². The lowest BCUT2D eigenvalue weighted by Gasteiger charge is -2.00. The van der Waals surface area contributed by atoms with Crippen LogP contribution in [0, 0.1) is 0 Å². The van der Waals surface area contributed by atoms with Gasteiger partial charge >= 0.3 is 5.97 Å². The summed E-state index contributed by atoms with van der Waals surface area (Å²) in [6.45, 7) is 0. The molecule has 4 nitrogen and oxygen atoms in total. The molecule has 0 radical (unpaired) electrons. The average Bonchev–Trinajstić information content (AvgIpc) is 2.90. The third-order valence-electron chi connectivity index (χ3n) is 3.10. The molecule has 1 N–H and O–H groups in total. The minimum Gasteiger partial charge on any atom is -0.478 e. The predicted octanol–water partition coefficient (Wildman–Crippen LogP) is 3.36. The highest BCUT2D eigenvalue weighted by Gasteiger charge is 2.16. The zero-order valence-corrected chi connectivity index (χ0v) is 10.4. The Morgan fingerprint density at radius 1 is 0.950 bits per heavy atom. The van der Waals surface area contributed by atoms with Gasteiger partial charge in [0, 0.05) is 10.9 Å². The zero-order valence-electron chi connectivity index (χ0n) is 10.4. The van der Waals surface area contributed by atoms with Gasteiger partial charge < -0.3 is 9.52 Å². The average molecular weight is 266 g/mol. The monoisotopic (exact) mass is 266 g/mol. The van der Waals surface area contributed by atoms with Crippen molar-refractivity contribution in [1.29, 1.82) is 0 Å². The van der Waals surface area contributed by atoms with Crippen LogP contribution in [-0.2, 0) is 0 Å². The Morgan fingerprint density at radius 2 is 1.70 bits per heavy atom. The number of fused-ring (bicyclic) bond motifs is 1. The molecule has 98 valence electrons. The van der Waals surface area contributed by atoms with E-state index >= 15 is 0 Å². The minimum atomic E-state index is -1.06. The first-order chi connectivity index (χ1) is 9.66. The number of ketones is 1. The number of hydrogen-bond donors (Lipinski definition) is 1. The highest BCUT2D eigenvalue weighted by atomic mass is 16.4. The Hall–Kier alpha value is -2.88. The van der Waals surface area contributed by atoms with Crippen molar-refractivity contribution in [3.63, 3.8) is 0 Å². The molecule has 3 aromatic rings. The fraction of sp³-hybridized carbons (Fsp3) is 0. The van der Waals surface area contributed by atoms with Crippen molar-refractivity contribution in [2.24, 2.45) is 0 Å². The molecular weight excluding hydrogens is 256 g/mol. The summed E-state index contributed by atoms with van der Waals surface area (Å²) < 4.78 is 5.33. The van der Waals surface area contributed by atoms with Crippen molar-refractivity contribution in [1.82, 2.24) is 0 Å². The number of aromatic carboxylic acids is 1. The van der Waals surface area contributed by atoms with Crippen LogP contribution in [0.3, 0.4) is 0 Å². The summed E-state index contributed by atoms with van der Waals surface area (Å²) in [5.74, 6) is -1.31. The largest absolute Gasteiger partial charge is 0.478 e. The Bertz CT molecular complexity index is 814. The summed E-state index contributed by atoms with van der Waals surface area (Å²) in [6.07, 6.45) is 1.40. The van der Waals surface area contributed by atoms with E-state index in [1.54, 1.807) is 24.3 Å². The van der Waals surface area contributed by atoms with Crippen LogP contribution in [0.1, 0.15) is 26.3 Å². The number of carboxylic acids is 1. The molecule has 1 heterocycles. The van der Waals surface area contributed by atoms with Gasteiger partial charge in [-0.25, -0.2) is 4.79 Å². The standard InChI is InChI=1S/C16H10O4/c17-15(10-4-3-5-11(8-10)16(18)19)13-9-20-14-7-2-1-6-12(13)14/h1-9H,(H,18,19). The number of carbonyl (C=O) groups is 2. The van der Waals surface area contributed by atoms with E-state index in [2.05, 4.69) is 0 Å². The van der Waals surface area contributed by atoms with Gasteiger partial charge in [0.1, 0.15) is 11.8 Å². The number of carbonyl (C=O) groups excluding carboxylic acids is 1. The molecule has 0 spiro atoms. The van der Waals surface area contributed by atoms with Crippen LogP contribution < -0.4 is 0 Å². The topological polar surface area (TPSA) is 67.5 Å². The quantitative estimate of drug-likeness (QED) is 0.738. The van der Waals surface area contributed by atoms with Crippen LogP contribution in [0.4, 0.5) is 0 Å². The Morgan fingerprint density at radius 3 is 2.50 bits per heavy atom. The highest BCUT2D eigenvalue weighted by Crippen LogP contribution is 2.23. The maximum Gasteiger partial charge on any atom is 0.335 e. The Labute approximate surface area is 114 Å². The SMILES string of the molecule is O=C(O)c1cccc(C(=O)c2coc3ccccc23)c1. The summed E-state index contributed by atoms with van der Waals surface area (Å²) in [6, 6.07) is 13.2. The van der Waals surface area contributed by atoms with Crippen molar-refractivity contribution in [2.45, 2.75) is 0 Å². The molecule has 4 heteroatoms.